The quantitative estimate of drug-likeness (QED) is 0.704. The van der Waals surface area contributed by atoms with Gasteiger partial charge in [-0.25, -0.2) is 0 Å². The number of nitrogens with one attached hydrogen (secondary N) is 1. The average molecular weight is 218 g/mol. The zero-order valence-corrected chi connectivity index (χ0v) is 9.87. The number of fused-ring (bicyclic) bond motifs is 3. The van der Waals surface area contributed by atoms with Crippen molar-refractivity contribution >= 4 is 0 Å². The molecule has 0 aromatic heterocycles. The van der Waals surface area contributed by atoms with Crippen molar-refractivity contribution in [1.29, 1.82) is 0 Å². The van der Waals surface area contributed by atoms with E-state index in [1.54, 1.807) is 4.90 Å². The second-order valence-corrected chi connectivity index (χ2v) is 5.49. The number of benzene rings is 1. The highest BCUT2D eigenvalue weighted by Crippen LogP contribution is 2.36. The SMILES string of the molecule is Cc1ccc(C2(O)C[NH+]3CCC2CC3)cc1. The van der Waals surface area contributed by atoms with Crippen molar-refractivity contribution in [2.24, 2.45) is 5.92 Å². The molecule has 0 radical (unpaired) electrons. The van der Waals surface area contributed by atoms with E-state index in [0.29, 0.717) is 5.92 Å². The first-order valence-electron chi connectivity index (χ1n) is 6.31. The van der Waals surface area contributed by atoms with Crippen molar-refractivity contribution in [2.45, 2.75) is 25.4 Å². The molecule has 1 atom stereocenters. The van der Waals surface area contributed by atoms with Crippen LogP contribution in [-0.2, 0) is 5.60 Å². The van der Waals surface area contributed by atoms with E-state index >= 15 is 0 Å². The summed E-state index contributed by atoms with van der Waals surface area (Å²) in [5, 5.41) is 10.9. The molecule has 2 N–H and O–H groups in total. The molecule has 1 aromatic rings. The smallest absolute Gasteiger partial charge is 0.141 e. The summed E-state index contributed by atoms with van der Waals surface area (Å²) in [5.74, 6) is 0.479. The van der Waals surface area contributed by atoms with Crippen LogP contribution in [-0.4, -0.2) is 24.7 Å². The van der Waals surface area contributed by atoms with Gasteiger partial charge in [-0.2, -0.15) is 0 Å². The van der Waals surface area contributed by atoms with Crippen molar-refractivity contribution in [3.8, 4) is 0 Å². The molecule has 1 aromatic carbocycles. The fourth-order valence-electron chi connectivity index (χ4n) is 3.39. The van der Waals surface area contributed by atoms with Crippen LogP contribution < -0.4 is 4.90 Å². The van der Waals surface area contributed by atoms with E-state index < -0.39 is 5.60 Å². The highest BCUT2D eigenvalue weighted by Gasteiger charge is 2.49. The number of quaternary nitrogens is 1. The normalized spacial score (nSPS) is 37.6. The maximum atomic E-state index is 10.9. The molecule has 3 fully saturated rings. The Kier molecular flexibility index (Phi) is 2.30. The summed E-state index contributed by atoms with van der Waals surface area (Å²) in [6.45, 7) is 5.49. The summed E-state index contributed by atoms with van der Waals surface area (Å²) in [4.78, 5) is 1.57. The zero-order valence-electron chi connectivity index (χ0n) is 9.87. The Labute approximate surface area is 96.9 Å². The lowest BCUT2D eigenvalue weighted by Gasteiger charge is -2.47. The molecule has 3 aliphatic rings. The van der Waals surface area contributed by atoms with E-state index in [1.165, 1.54) is 31.5 Å². The van der Waals surface area contributed by atoms with E-state index in [1.807, 2.05) is 0 Å². The van der Waals surface area contributed by atoms with Gasteiger partial charge in [0.25, 0.3) is 0 Å². The van der Waals surface area contributed by atoms with Crippen LogP contribution in [0.1, 0.15) is 24.0 Å². The molecular weight excluding hydrogens is 198 g/mol. The molecule has 2 bridgehead atoms. The van der Waals surface area contributed by atoms with Crippen LogP contribution in [0.5, 0.6) is 0 Å². The number of hydrogen-bond donors (Lipinski definition) is 2. The Hall–Kier alpha value is -0.860. The molecule has 86 valence electrons. The Bertz CT molecular complexity index is 378. The maximum absolute atomic E-state index is 10.9. The van der Waals surface area contributed by atoms with Crippen LogP contribution in [0.15, 0.2) is 24.3 Å². The summed E-state index contributed by atoms with van der Waals surface area (Å²) in [5.41, 5.74) is 1.83. The topological polar surface area (TPSA) is 24.7 Å². The number of hydrogen-bond acceptors (Lipinski definition) is 1. The van der Waals surface area contributed by atoms with E-state index in [9.17, 15) is 5.11 Å². The van der Waals surface area contributed by atoms with Gasteiger partial charge in [0.15, 0.2) is 0 Å². The van der Waals surface area contributed by atoms with Gasteiger partial charge in [0, 0.05) is 18.8 Å². The lowest BCUT2D eigenvalue weighted by Crippen LogP contribution is -3.17. The monoisotopic (exact) mass is 218 g/mol. The molecule has 0 amide bonds. The molecular formula is C14H20NO+. The van der Waals surface area contributed by atoms with Gasteiger partial charge in [-0.15, -0.1) is 0 Å². The predicted octanol–water partition coefficient (Wildman–Crippen LogP) is 0.491. The van der Waals surface area contributed by atoms with Gasteiger partial charge in [0.05, 0.1) is 13.1 Å². The highest BCUT2D eigenvalue weighted by molar-refractivity contribution is 5.28. The van der Waals surface area contributed by atoms with Crippen LogP contribution in [0.25, 0.3) is 0 Å². The lowest BCUT2D eigenvalue weighted by atomic mass is 9.71. The van der Waals surface area contributed by atoms with Gasteiger partial charge in [0.1, 0.15) is 12.1 Å². The van der Waals surface area contributed by atoms with Gasteiger partial charge in [-0.05, 0) is 12.5 Å². The second kappa shape index (κ2) is 3.57. The van der Waals surface area contributed by atoms with Crippen LogP contribution in [0.4, 0.5) is 0 Å². The third-order valence-corrected chi connectivity index (χ3v) is 4.44. The summed E-state index contributed by atoms with van der Waals surface area (Å²) >= 11 is 0. The summed E-state index contributed by atoms with van der Waals surface area (Å²) in [6, 6.07) is 8.44. The van der Waals surface area contributed by atoms with Gasteiger partial charge in [0.2, 0.25) is 0 Å². The van der Waals surface area contributed by atoms with Gasteiger partial charge >= 0.3 is 0 Å². The molecule has 0 spiro atoms. The third kappa shape index (κ3) is 1.48. The number of rotatable bonds is 1. The predicted molar refractivity (Wildman–Crippen MR) is 63.4 cm³/mol. The molecule has 4 rings (SSSR count). The summed E-state index contributed by atoms with van der Waals surface area (Å²) < 4.78 is 0. The van der Waals surface area contributed by atoms with Crippen molar-refractivity contribution in [3.63, 3.8) is 0 Å². The molecule has 0 aliphatic carbocycles. The Balaban J connectivity index is 1.95. The van der Waals surface area contributed by atoms with E-state index in [0.717, 1.165) is 12.1 Å². The zero-order chi connectivity index (χ0) is 11.2. The highest BCUT2D eigenvalue weighted by atomic mass is 16.3. The van der Waals surface area contributed by atoms with E-state index in [2.05, 4.69) is 31.2 Å². The number of piperidine rings is 3. The van der Waals surface area contributed by atoms with Crippen LogP contribution in [0.3, 0.4) is 0 Å². The summed E-state index contributed by atoms with van der Waals surface area (Å²) in [6.07, 6.45) is 2.36. The third-order valence-electron chi connectivity index (χ3n) is 4.44. The number of aryl methyl sites for hydroxylation is 1. The second-order valence-electron chi connectivity index (χ2n) is 5.49. The Morgan fingerprint density at radius 3 is 2.31 bits per heavy atom. The maximum Gasteiger partial charge on any atom is 0.141 e. The largest absolute Gasteiger partial charge is 0.379 e. The first-order chi connectivity index (χ1) is 7.68. The summed E-state index contributed by atoms with van der Waals surface area (Å²) in [7, 11) is 0. The lowest BCUT2D eigenvalue weighted by molar-refractivity contribution is -0.927. The number of aliphatic hydroxyl groups is 1. The van der Waals surface area contributed by atoms with Crippen LogP contribution in [0, 0.1) is 12.8 Å². The molecule has 2 nitrogen and oxygen atoms in total. The minimum absolute atomic E-state index is 0.479. The molecule has 3 aliphatic heterocycles. The van der Waals surface area contributed by atoms with Crippen LogP contribution >= 0.6 is 0 Å². The molecule has 16 heavy (non-hydrogen) atoms. The van der Waals surface area contributed by atoms with Gasteiger partial charge in [-0.1, -0.05) is 29.8 Å². The van der Waals surface area contributed by atoms with Gasteiger partial charge in [-0.3, -0.25) is 0 Å². The fourth-order valence-corrected chi connectivity index (χ4v) is 3.39. The average Bonchev–Trinajstić information content (AvgIpc) is 2.31. The molecule has 3 heterocycles. The molecule has 3 saturated heterocycles. The van der Waals surface area contributed by atoms with Crippen molar-refractivity contribution in [3.05, 3.63) is 35.4 Å². The van der Waals surface area contributed by atoms with Crippen molar-refractivity contribution < 1.29 is 10.0 Å². The van der Waals surface area contributed by atoms with Crippen molar-refractivity contribution in [2.75, 3.05) is 19.6 Å². The van der Waals surface area contributed by atoms with E-state index in [-0.39, 0.29) is 0 Å². The molecule has 0 saturated carbocycles. The minimum atomic E-state index is -0.556. The van der Waals surface area contributed by atoms with Crippen molar-refractivity contribution in [1.82, 2.24) is 0 Å². The standard InChI is InChI=1S/C14H19NO/c1-11-2-4-12(5-3-11)14(16)10-15-8-6-13(14)7-9-15/h2-5,13,16H,6-10H2,1H3/p+1. The molecule has 2 heteroatoms. The fraction of sp³-hybridized carbons (Fsp3) is 0.571. The van der Waals surface area contributed by atoms with Gasteiger partial charge < -0.3 is 10.0 Å². The molecule has 1 unspecified atom stereocenters. The minimum Gasteiger partial charge on any atom is -0.379 e. The van der Waals surface area contributed by atoms with Crippen LogP contribution in [0.2, 0.25) is 0 Å². The van der Waals surface area contributed by atoms with E-state index in [4.69, 9.17) is 0 Å². The Morgan fingerprint density at radius 1 is 1.19 bits per heavy atom. The first kappa shape index (κ1) is 10.3. The first-order valence-corrected chi connectivity index (χ1v) is 6.31. The Morgan fingerprint density at radius 2 is 1.81 bits per heavy atom.